The second kappa shape index (κ2) is 4.21. The smallest absolute Gasteiger partial charge is 0.0532 e. The van der Waals surface area contributed by atoms with E-state index in [-0.39, 0.29) is 0 Å². The predicted octanol–water partition coefficient (Wildman–Crippen LogP) is 0.647. The first-order chi connectivity index (χ1) is 4.86. The van der Waals surface area contributed by atoms with Gasteiger partial charge in [0.05, 0.1) is 5.37 Å². The lowest BCUT2D eigenvalue weighted by molar-refractivity contribution is 0.562. The van der Waals surface area contributed by atoms with Crippen LogP contribution in [0.1, 0.15) is 12.8 Å². The Morgan fingerprint density at radius 3 is 2.90 bits per heavy atom. The molecule has 1 aliphatic rings. The van der Waals surface area contributed by atoms with Gasteiger partial charge >= 0.3 is 0 Å². The molecule has 2 unspecified atom stereocenters. The molecule has 0 aliphatic carbocycles. The Bertz CT molecular complexity index is 97.6. The Morgan fingerprint density at radius 2 is 2.40 bits per heavy atom. The van der Waals surface area contributed by atoms with Crippen LogP contribution in [0.5, 0.6) is 0 Å². The van der Waals surface area contributed by atoms with Crippen LogP contribution in [0.25, 0.3) is 0 Å². The molecule has 0 aromatic heterocycles. The van der Waals surface area contributed by atoms with Gasteiger partial charge in [-0.15, -0.1) is 11.8 Å². The quantitative estimate of drug-likeness (QED) is 0.634. The van der Waals surface area contributed by atoms with Crippen LogP contribution in [0.4, 0.5) is 0 Å². The average molecular weight is 160 g/mol. The standard InChI is InChI=1S/C7H16N2S/c1-8-5-6-3-4-7(9-6)10-2/h6-9H,3-5H2,1-2H3. The molecule has 3 heteroatoms. The third-order valence-corrected chi connectivity index (χ3v) is 2.87. The zero-order valence-electron chi connectivity index (χ0n) is 6.68. The number of hydrogen-bond acceptors (Lipinski definition) is 3. The van der Waals surface area contributed by atoms with Crippen molar-refractivity contribution in [3.05, 3.63) is 0 Å². The predicted molar refractivity (Wildman–Crippen MR) is 47.4 cm³/mol. The molecule has 0 aromatic rings. The largest absolute Gasteiger partial charge is 0.318 e. The summed E-state index contributed by atoms with van der Waals surface area (Å²) in [6.45, 7) is 1.11. The van der Waals surface area contributed by atoms with Crippen molar-refractivity contribution in [2.45, 2.75) is 24.3 Å². The topological polar surface area (TPSA) is 24.1 Å². The Hall–Kier alpha value is 0.270. The fourth-order valence-corrected chi connectivity index (χ4v) is 2.08. The Kier molecular flexibility index (Phi) is 3.52. The maximum absolute atomic E-state index is 3.54. The number of thioether (sulfide) groups is 1. The van der Waals surface area contributed by atoms with Gasteiger partial charge in [-0.2, -0.15) is 0 Å². The molecule has 1 fully saturated rings. The summed E-state index contributed by atoms with van der Waals surface area (Å²) in [7, 11) is 2.01. The van der Waals surface area contributed by atoms with Gasteiger partial charge in [-0.05, 0) is 26.1 Å². The molecule has 0 saturated carbocycles. The molecule has 1 saturated heterocycles. The number of likely N-dealkylation sites (N-methyl/N-ethyl adjacent to an activating group) is 1. The lowest BCUT2D eigenvalue weighted by atomic mass is 10.2. The summed E-state index contributed by atoms with van der Waals surface area (Å²) in [6.07, 6.45) is 4.82. The van der Waals surface area contributed by atoms with Gasteiger partial charge in [-0.1, -0.05) is 0 Å². The molecule has 2 N–H and O–H groups in total. The molecule has 0 amide bonds. The maximum atomic E-state index is 3.54. The van der Waals surface area contributed by atoms with Crippen molar-refractivity contribution in [3.63, 3.8) is 0 Å². The zero-order valence-corrected chi connectivity index (χ0v) is 7.50. The van der Waals surface area contributed by atoms with E-state index in [1.54, 1.807) is 0 Å². The van der Waals surface area contributed by atoms with Crippen LogP contribution in [0, 0.1) is 0 Å². The highest BCUT2D eigenvalue weighted by atomic mass is 32.2. The lowest BCUT2D eigenvalue weighted by Gasteiger charge is -2.11. The second-order valence-electron chi connectivity index (χ2n) is 2.72. The summed E-state index contributed by atoms with van der Waals surface area (Å²) in [5.41, 5.74) is 0. The first-order valence-electron chi connectivity index (χ1n) is 3.80. The lowest BCUT2D eigenvalue weighted by Crippen LogP contribution is -2.34. The minimum atomic E-state index is 0.707. The van der Waals surface area contributed by atoms with E-state index in [4.69, 9.17) is 0 Å². The summed E-state index contributed by atoms with van der Waals surface area (Å²) in [5.74, 6) is 0. The molecule has 0 bridgehead atoms. The summed E-state index contributed by atoms with van der Waals surface area (Å²) < 4.78 is 0. The van der Waals surface area contributed by atoms with Crippen molar-refractivity contribution in [3.8, 4) is 0 Å². The van der Waals surface area contributed by atoms with E-state index in [0.717, 1.165) is 6.54 Å². The number of rotatable bonds is 3. The van der Waals surface area contributed by atoms with Crippen LogP contribution in [-0.4, -0.2) is 31.3 Å². The highest BCUT2D eigenvalue weighted by Gasteiger charge is 2.21. The summed E-state index contributed by atoms with van der Waals surface area (Å²) >= 11 is 1.92. The van der Waals surface area contributed by atoms with Crippen molar-refractivity contribution in [1.29, 1.82) is 0 Å². The van der Waals surface area contributed by atoms with Crippen LogP contribution < -0.4 is 10.6 Å². The third-order valence-electron chi connectivity index (χ3n) is 1.93. The van der Waals surface area contributed by atoms with Crippen LogP contribution in [-0.2, 0) is 0 Å². The van der Waals surface area contributed by atoms with Crippen molar-refractivity contribution in [2.24, 2.45) is 0 Å². The molecule has 1 heterocycles. The zero-order chi connectivity index (χ0) is 7.40. The number of hydrogen-bond donors (Lipinski definition) is 2. The highest BCUT2D eigenvalue weighted by Crippen LogP contribution is 2.19. The monoisotopic (exact) mass is 160 g/mol. The van der Waals surface area contributed by atoms with Crippen molar-refractivity contribution in [1.82, 2.24) is 10.6 Å². The highest BCUT2D eigenvalue weighted by molar-refractivity contribution is 7.99. The molecule has 2 atom stereocenters. The van der Waals surface area contributed by atoms with E-state index in [9.17, 15) is 0 Å². The molecule has 1 aliphatic heterocycles. The van der Waals surface area contributed by atoms with Crippen molar-refractivity contribution < 1.29 is 0 Å². The molecular weight excluding hydrogens is 144 g/mol. The molecule has 1 rings (SSSR count). The number of nitrogens with one attached hydrogen (secondary N) is 2. The van der Waals surface area contributed by atoms with Crippen LogP contribution in [0.2, 0.25) is 0 Å². The fourth-order valence-electron chi connectivity index (χ4n) is 1.38. The van der Waals surface area contributed by atoms with Crippen LogP contribution in [0.15, 0.2) is 0 Å². The Balaban J connectivity index is 2.15. The molecule has 2 nitrogen and oxygen atoms in total. The van der Waals surface area contributed by atoms with Crippen LogP contribution >= 0.6 is 11.8 Å². The molecule has 60 valence electrons. The minimum absolute atomic E-state index is 0.707. The molecule has 0 radical (unpaired) electrons. The van der Waals surface area contributed by atoms with Gasteiger partial charge in [-0.3, -0.25) is 0 Å². The molecule has 0 spiro atoms. The van der Waals surface area contributed by atoms with E-state index >= 15 is 0 Å². The van der Waals surface area contributed by atoms with Gasteiger partial charge in [0.15, 0.2) is 0 Å². The van der Waals surface area contributed by atoms with E-state index in [1.165, 1.54) is 12.8 Å². The second-order valence-corrected chi connectivity index (χ2v) is 3.76. The third kappa shape index (κ3) is 2.15. The van der Waals surface area contributed by atoms with Crippen molar-refractivity contribution in [2.75, 3.05) is 19.8 Å². The minimum Gasteiger partial charge on any atom is -0.318 e. The average Bonchev–Trinajstić information content (AvgIpc) is 2.37. The molecular formula is C7H16N2S. The van der Waals surface area contributed by atoms with E-state index < -0.39 is 0 Å². The van der Waals surface area contributed by atoms with Crippen molar-refractivity contribution >= 4 is 11.8 Å². The van der Waals surface area contributed by atoms with E-state index in [1.807, 2.05) is 18.8 Å². The first-order valence-corrected chi connectivity index (χ1v) is 5.09. The van der Waals surface area contributed by atoms with Gasteiger partial charge in [0.1, 0.15) is 0 Å². The van der Waals surface area contributed by atoms with Crippen LogP contribution in [0.3, 0.4) is 0 Å². The summed E-state index contributed by atoms with van der Waals surface area (Å²) in [4.78, 5) is 0. The fraction of sp³-hybridized carbons (Fsp3) is 1.00. The first kappa shape index (κ1) is 8.37. The van der Waals surface area contributed by atoms with Gasteiger partial charge in [0.2, 0.25) is 0 Å². The normalized spacial score (nSPS) is 33.0. The van der Waals surface area contributed by atoms with Gasteiger partial charge in [-0.25, -0.2) is 0 Å². The maximum Gasteiger partial charge on any atom is 0.0532 e. The van der Waals surface area contributed by atoms with Gasteiger partial charge in [0.25, 0.3) is 0 Å². The Morgan fingerprint density at radius 1 is 1.60 bits per heavy atom. The molecule has 0 aromatic carbocycles. The van der Waals surface area contributed by atoms with Gasteiger partial charge < -0.3 is 10.6 Å². The van der Waals surface area contributed by atoms with Gasteiger partial charge in [0, 0.05) is 12.6 Å². The summed E-state index contributed by atoms with van der Waals surface area (Å²) in [6, 6.07) is 0.711. The van der Waals surface area contributed by atoms with E-state index in [2.05, 4.69) is 16.9 Å². The molecule has 10 heavy (non-hydrogen) atoms. The summed E-state index contributed by atoms with van der Waals surface area (Å²) in [5, 5.41) is 7.43. The Labute approximate surface area is 67.1 Å². The SMILES string of the molecule is CNCC1CCC(SC)N1. The van der Waals surface area contributed by atoms with E-state index in [0.29, 0.717) is 11.4 Å².